The first-order valence-electron chi connectivity index (χ1n) is 11.4. The van der Waals surface area contributed by atoms with Gasteiger partial charge >= 0.3 is 12.1 Å². The number of amides is 2. The summed E-state index contributed by atoms with van der Waals surface area (Å²) in [4.78, 5) is 41.2. The van der Waals surface area contributed by atoms with Crippen molar-refractivity contribution in [3.05, 3.63) is 77.9 Å². The van der Waals surface area contributed by atoms with E-state index in [9.17, 15) is 14.4 Å². The Hall–Kier alpha value is -4.14. The Morgan fingerprint density at radius 3 is 2.37 bits per heavy atom. The topological polar surface area (TPSA) is 114 Å². The van der Waals surface area contributed by atoms with Crippen LogP contribution in [-0.4, -0.2) is 64.3 Å². The molecule has 1 aliphatic rings. The number of carbonyl (C=O) groups excluding carboxylic acids is 2. The van der Waals surface area contributed by atoms with Crippen LogP contribution in [0, 0.1) is 5.92 Å². The van der Waals surface area contributed by atoms with Gasteiger partial charge in [0, 0.05) is 38.8 Å². The Bertz CT molecular complexity index is 1190. The molecular formula is C26H28N4O5. The van der Waals surface area contributed by atoms with Crippen molar-refractivity contribution in [2.45, 2.75) is 19.4 Å². The second-order valence-corrected chi connectivity index (χ2v) is 8.67. The lowest BCUT2D eigenvalue weighted by Gasteiger charge is -2.18. The number of hydrogen-bond acceptors (Lipinski definition) is 5. The van der Waals surface area contributed by atoms with Crippen molar-refractivity contribution in [3.63, 3.8) is 0 Å². The minimum absolute atomic E-state index is 0.00351. The standard InChI is InChI=1S/C26H28N4O5/c1-17(25(32)33)13-29(2)24(31)23-14-30(16-28-23)12-11-27-26(34)35-15-22-20-9-5-3-7-18(20)19-8-4-6-10-21(19)22/h3-10,14,16-17,22H,11-13,15H2,1-2H3,(H,27,34)(H,32,33). The summed E-state index contributed by atoms with van der Waals surface area (Å²) in [6.07, 6.45) is 2.57. The number of carboxylic acids is 1. The molecule has 1 unspecified atom stereocenters. The van der Waals surface area contributed by atoms with Crippen molar-refractivity contribution in [1.29, 1.82) is 0 Å². The van der Waals surface area contributed by atoms with Crippen molar-refractivity contribution in [1.82, 2.24) is 19.8 Å². The zero-order valence-electron chi connectivity index (χ0n) is 19.7. The Morgan fingerprint density at radius 1 is 1.11 bits per heavy atom. The molecule has 0 spiro atoms. The van der Waals surface area contributed by atoms with E-state index in [0.717, 1.165) is 11.1 Å². The summed E-state index contributed by atoms with van der Waals surface area (Å²) >= 11 is 0. The van der Waals surface area contributed by atoms with Crippen LogP contribution in [0.1, 0.15) is 34.5 Å². The minimum atomic E-state index is -0.963. The van der Waals surface area contributed by atoms with E-state index in [-0.39, 0.29) is 30.7 Å². The Kier molecular flexibility index (Phi) is 7.14. The molecule has 3 aromatic rings. The molecular weight excluding hydrogens is 448 g/mol. The molecule has 0 bridgehead atoms. The molecule has 0 saturated carbocycles. The lowest BCUT2D eigenvalue weighted by atomic mass is 9.98. The number of nitrogens with zero attached hydrogens (tertiary/aromatic N) is 3. The van der Waals surface area contributed by atoms with Gasteiger partial charge in [-0.25, -0.2) is 9.78 Å². The van der Waals surface area contributed by atoms with Gasteiger partial charge in [-0.15, -0.1) is 0 Å². The fourth-order valence-electron chi connectivity index (χ4n) is 4.30. The molecule has 182 valence electrons. The molecule has 2 N–H and O–H groups in total. The SMILES string of the molecule is CC(CN(C)C(=O)c1cn(CCNC(=O)OCC2c3ccccc3-c3ccccc32)cn1)C(=O)O. The molecule has 0 fully saturated rings. The maximum Gasteiger partial charge on any atom is 0.407 e. The lowest BCUT2D eigenvalue weighted by molar-refractivity contribution is -0.141. The summed E-state index contributed by atoms with van der Waals surface area (Å²) in [5.41, 5.74) is 4.86. The molecule has 9 nitrogen and oxygen atoms in total. The van der Waals surface area contributed by atoms with Gasteiger partial charge in [-0.1, -0.05) is 55.5 Å². The van der Waals surface area contributed by atoms with Gasteiger partial charge in [0.05, 0.1) is 12.2 Å². The molecule has 0 aliphatic heterocycles. The summed E-state index contributed by atoms with van der Waals surface area (Å²) in [7, 11) is 1.54. The monoisotopic (exact) mass is 476 g/mol. The number of hydrogen-bond donors (Lipinski definition) is 2. The van der Waals surface area contributed by atoms with Crippen LogP contribution in [-0.2, 0) is 16.1 Å². The molecule has 1 atom stereocenters. The maximum absolute atomic E-state index is 12.5. The highest BCUT2D eigenvalue weighted by molar-refractivity contribution is 5.92. The largest absolute Gasteiger partial charge is 0.481 e. The zero-order valence-corrected chi connectivity index (χ0v) is 19.7. The lowest BCUT2D eigenvalue weighted by Crippen LogP contribution is -2.33. The summed E-state index contributed by atoms with van der Waals surface area (Å²) in [5, 5.41) is 11.7. The molecule has 1 aromatic heterocycles. The Morgan fingerprint density at radius 2 is 1.74 bits per heavy atom. The van der Waals surface area contributed by atoms with E-state index in [0.29, 0.717) is 13.1 Å². The number of carbonyl (C=O) groups is 3. The fraction of sp³-hybridized carbons (Fsp3) is 0.308. The second-order valence-electron chi connectivity index (χ2n) is 8.67. The number of aliphatic carboxylic acids is 1. The van der Waals surface area contributed by atoms with Gasteiger partial charge < -0.3 is 24.6 Å². The fourth-order valence-corrected chi connectivity index (χ4v) is 4.30. The van der Waals surface area contributed by atoms with Gasteiger partial charge in [0.15, 0.2) is 0 Å². The maximum atomic E-state index is 12.5. The second kappa shape index (κ2) is 10.4. The number of imidazole rings is 1. The predicted molar refractivity (Wildman–Crippen MR) is 129 cm³/mol. The van der Waals surface area contributed by atoms with Crippen molar-refractivity contribution in [3.8, 4) is 11.1 Å². The summed E-state index contributed by atoms with van der Waals surface area (Å²) in [6.45, 7) is 2.57. The molecule has 2 amide bonds. The number of alkyl carbamates (subject to hydrolysis) is 1. The van der Waals surface area contributed by atoms with E-state index in [4.69, 9.17) is 9.84 Å². The Balaban J connectivity index is 1.25. The zero-order chi connectivity index (χ0) is 24.9. The quantitative estimate of drug-likeness (QED) is 0.490. The van der Waals surface area contributed by atoms with E-state index in [1.165, 1.54) is 22.4 Å². The van der Waals surface area contributed by atoms with Gasteiger partial charge in [-0.2, -0.15) is 0 Å². The van der Waals surface area contributed by atoms with E-state index in [1.807, 2.05) is 24.3 Å². The van der Waals surface area contributed by atoms with Crippen LogP contribution in [0.5, 0.6) is 0 Å². The van der Waals surface area contributed by atoms with Crippen molar-refractivity contribution in [2.24, 2.45) is 5.92 Å². The van der Waals surface area contributed by atoms with Crippen LogP contribution in [0.4, 0.5) is 4.79 Å². The van der Waals surface area contributed by atoms with E-state index < -0.39 is 18.0 Å². The minimum Gasteiger partial charge on any atom is -0.481 e. The first-order chi connectivity index (χ1) is 16.8. The first-order valence-corrected chi connectivity index (χ1v) is 11.4. The molecule has 1 aliphatic carbocycles. The van der Waals surface area contributed by atoms with Crippen molar-refractivity contribution < 1.29 is 24.2 Å². The smallest absolute Gasteiger partial charge is 0.407 e. The molecule has 2 aromatic carbocycles. The highest BCUT2D eigenvalue weighted by atomic mass is 16.5. The molecule has 4 rings (SSSR count). The number of rotatable bonds is 9. The third-order valence-electron chi connectivity index (χ3n) is 6.15. The first kappa shape index (κ1) is 24.0. The molecule has 35 heavy (non-hydrogen) atoms. The van der Waals surface area contributed by atoms with Crippen LogP contribution in [0.25, 0.3) is 11.1 Å². The highest BCUT2D eigenvalue weighted by Crippen LogP contribution is 2.44. The van der Waals surface area contributed by atoms with Gasteiger partial charge in [0.2, 0.25) is 0 Å². The van der Waals surface area contributed by atoms with Gasteiger partial charge in [0.1, 0.15) is 12.3 Å². The van der Waals surface area contributed by atoms with Gasteiger partial charge in [-0.05, 0) is 22.3 Å². The number of benzene rings is 2. The molecule has 9 heteroatoms. The van der Waals surface area contributed by atoms with E-state index in [1.54, 1.807) is 24.7 Å². The Labute approximate surface area is 203 Å². The summed E-state index contributed by atoms with van der Waals surface area (Å²) < 4.78 is 7.21. The molecule has 1 heterocycles. The number of aromatic nitrogens is 2. The number of ether oxygens (including phenoxy) is 1. The van der Waals surface area contributed by atoms with Crippen LogP contribution in [0.3, 0.4) is 0 Å². The molecule has 0 radical (unpaired) electrons. The number of fused-ring (bicyclic) bond motifs is 3. The normalized spacial score (nSPS) is 13.0. The van der Waals surface area contributed by atoms with Crippen molar-refractivity contribution >= 4 is 18.0 Å². The number of nitrogens with one attached hydrogen (secondary N) is 1. The van der Waals surface area contributed by atoms with Crippen LogP contribution < -0.4 is 5.32 Å². The van der Waals surface area contributed by atoms with Gasteiger partial charge in [0.25, 0.3) is 5.91 Å². The number of carboxylic acid groups (broad SMARTS) is 1. The third-order valence-corrected chi connectivity index (χ3v) is 6.15. The van der Waals surface area contributed by atoms with E-state index >= 15 is 0 Å². The van der Waals surface area contributed by atoms with Crippen LogP contribution in [0.15, 0.2) is 61.1 Å². The van der Waals surface area contributed by atoms with Crippen LogP contribution >= 0.6 is 0 Å². The average Bonchev–Trinajstić information content (AvgIpc) is 3.45. The van der Waals surface area contributed by atoms with Gasteiger partial charge in [-0.3, -0.25) is 9.59 Å². The highest BCUT2D eigenvalue weighted by Gasteiger charge is 2.29. The molecule has 0 saturated heterocycles. The van der Waals surface area contributed by atoms with Crippen LogP contribution in [0.2, 0.25) is 0 Å². The summed E-state index contributed by atoms with van der Waals surface area (Å²) in [6, 6.07) is 16.3. The average molecular weight is 477 g/mol. The van der Waals surface area contributed by atoms with E-state index in [2.05, 4.69) is 34.6 Å². The predicted octanol–water partition coefficient (Wildman–Crippen LogP) is 3.21. The summed E-state index contributed by atoms with van der Waals surface area (Å²) in [5.74, 6) is -2.00. The van der Waals surface area contributed by atoms with Crippen molar-refractivity contribution in [2.75, 3.05) is 26.7 Å². The third kappa shape index (κ3) is 5.34.